The molecule has 0 bridgehead atoms. The summed E-state index contributed by atoms with van der Waals surface area (Å²) in [5.74, 6) is 0. The molecule has 0 amide bonds. The van der Waals surface area contributed by atoms with E-state index in [1.165, 1.54) is 0 Å². The van der Waals surface area contributed by atoms with Gasteiger partial charge in [0.1, 0.15) is 11.8 Å². The molecule has 2 aromatic rings. The van der Waals surface area contributed by atoms with Crippen LogP contribution in [0.25, 0.3) is 11.0 Å². The predicted octanol–water partition coefficient (Wildman–Crippen LogP) is 3.96. The van der Waals surface area contributed by atoms with E-state index in [-0.39, 0.29) is 0 Å². The predicted molar refractivity (Wildman–Crippen MR) is 51.6 cm³/mol. The van der Waals surface area contributed by atoms with Crippen molar-refractivity contribution < 1.29 is 4.42 Å². The fraction of sp³-hybridized carbons (Fsp3) is 0. The third kappa shape index (κ3) is 1.23. The molecule has 1 nitrogen and oxygen atoms in total. The van der Waals surface area contributed by atoms with Gasteiger partial charge >= 0.3 is 0 Å². The fourth-order valence-corrected chi connectivity index (χ4v) is 1.73. The molecule has 2 rings (SSSR count). The first-order valence-corrected chi connectivity index (χ1v) is 4.68. The van der Waals surface area contributed by atoms with Gasteiger partial charge in [0.25, 0.3) is 0 Å². The molecule has 3 heteroatoms. The highest BCUT2D eigenvalue weighted by Gasteiger charge is 2.01. The Morgan fingerprint density at radius 1 is 1.18 bits per heavy atom. The molecule has 1 aromatic heterocycles. The lowest BCUT2D eigenvalue weighted by Crippen LogP contribution is -1.64. The van der Waals surface area contributed by atoms with Crippen LogP contribution in [0.1, 0.15) is 0 Å². The monoisotopic (exact) mass is 274 g/mol. The minimum atomic E-state index is 0.903. The van der Waals surface area contributed by atoms with Gasteiger partial charge in [-0.1, -0.05) is 15.9 Å². The summed E-state index contributed by atoms with van der Waals surface area (Å²) in [5.41, 5.74) is 0.903. The Bertz CT molecular complexity index is 392. The lowest BCUT2D eigenvalue weighted by molar-refractivity contribution is 0.614. The van der Waals surface area contributed by atoms with Crippen LogP contribution in [0.5, 0.6) is 0 Å². The van der Waals surface area contributed by atoms with Gasteiger partial charge in [0, 0.05) is 9.86 Å². The van der Waals surface area contributed by atoms with Crippen LogP contribution in [-0.4, -0.2) is 0 Å². The van der Waals surface area contributed by atoms with Crippen molar-refractivity contribution in [2.24, 2.45) is 0 Å². The van der Waals surface area contributed by atoms with Crippen LogP contribution < -0.4 is 0 Å². The molecule has 0 aliphatic heterocycles. The summed E-state index contributed by atoms with van der Waals surface area (Å²) in [4.78, 5) is 0. The highest BCUT2D eigenvalue weighted by molar-refractivity contribution is 9.11. The maximum absolute atomic E-state index is 5.24. The third-order valence-electron chi connectivity index (χ3n) is 1.49. The largest absolute Gasteiger partial charge is 0.463 e. The van der Waals surface area contributed by atoms with Gasteiger partial charge in [-0.15, -0.1) is 0 Å². The van der Waals surface area contributed by atoms with Crippen molar-refractivity contribution >= 4 is 42.8 Å². The van der Waals surface area contributed by atoms with Crippen molar-refractivity contribution in [2.45, 2.75) is 0 Å². The topological polar surface area (TPSA) is 13.1 Å². The van der Waals surface area contributed by atoms with E-state index in [1.807, 2.05) is 18.2 Å². The molecular formula is C8H4Br2O. The third-order valence-corrected chi connectivity index (χ3v) is 2.60. The van der Waals surface area contributed by atoms with E-state index in [1.54, 1.807) is 6.26 Å². The van der Waals surface area contributed by atoms with E-state index in [4.69, 9.17) is 4.42 Å². The molecule has 0 N–H and O–H groups in total. The zero-order valence-corrected chi connectivity index (χ0v) is 8.65. The first-order chi connectivity index (χ1) is 5.27. The number of fused-ring (bicyclic) bond motifs is 1. The molecule has 0 saturated carbocycles. The quantitative estimate of drug-likeness (QED) is 0.709. The molecule has 0 spiro atoms. The van der Waals surface area contributed by atoms with Gasteiger partial charge in [-0.25, -0.2) is 0 Å². The zero-order chi connectivity index (χ0) is 7.84. The lowest BCUT2D eigenvalue weighted by Gasteiger charge is -1.89. The van der Waals surface area contributed by atoms with E-state index in [9.17, 15) is 0 Å². The van der Waals surface area contributed by atoms with Crippen LogP contribution in [0.4, 0.5) is 0 Å². The molecule has 1 aromatic carbocycles. The second-order valence-electron chi connectivity index (χ2n) is 2.22. The average molecular weight is 276 g/mol. The Morgan fingerprint density at radius 3 is 2.82 bits per heavy atom. The summed E-state index contributed by atoms with van der Waals surface area (Å²) in [5, 5.41) is 1.10. The molecule has 11 heavy (non-hydrogen) atoms. The van der Waals surface area contributed by atoms with E-state index >= 15 is 0 Å². The molecule has 0 saturated heterocycles. The van der Waals surface area contributed by atoms with Crippen molar-refractivity contribution in [3.63, 3.8) is 0 Å². The zero-order valence-electron chi connectivity index (χ0n) is 5.47. The number of rotatable bonds is 0. The summed E-state index contributed by atoms with van der Waals surface area (Å²) in [6, 6.07) is 5.91. The lowest BCUT2D eigenvalue weighted by atomic mass is 10.3. The maximum atomic E-state index is 5.24. The van der Waals surface area contributed by atoms with Crippen LogP contribution in [-0.2, 0) is 0 Å². The molecule has 1 heterocycles. The fourth-order valence-electron chi connectivity index (χ4n) is 0.970. The molecule has 0 aliphatic rings. The highest BCUT2D eigenvalue weighted by Crippen LogP contribution is 2.28. The Hall–Kier alpha value is -0.280. The Kier molecular flexibility index (Phi) is 1.77. The molecule has 0 atom stereocenters. The first kappa shape index (κ1) is 7.37. The number of furan rings is 1. The van der Waals surface area contributed by atoms with Gasteiger partial charge in [0.05, 0.1) is 4.47 Å². The number of hydrogen-bond acceptors (Lipinski definition) is 1. The van der Waals surface area contributed by atoms with Gasteiger partial charge in [-0.2, -0.15) is 0 Å². The summed E-state index contributed by atoms with van der Waals surface area (Å²) in [6.45, 7) is 0. The minimum absolute atomic E-state index is 0.903. The summed E-state index contributed by atoms with van der Waals surface area (Å²) in [6.07, 6.45) is 1.69. The molecule has 0 fully saturated rings. The normalized spacial score (nSPS) is 10.7. The number of benzene rings is 1. The minimum Gasteiger partial charge on any atom is -0.463 e. The summed E-state index contributed by atoms with van der Waals surface area (Å²) >= 11 is 6.78. The Labute approximate surface area is 80.6 Å². The van der Waals surface area contributed by atoms with Gasteiger partial charge in [-0.05, 0) is 34.1 Å². The highest BCUT2D eigenvalue weighted by atomic mass is 79.9. The van der Waals surface area contributed by atoms with Crippen molar-refractivity contribution in [3.05, 3.63) is 33.4 Å². The van der Waals surface area contributed by atoms with Crippen LogP contribution in [0, 0.1) is 0 Å². The van der Waals surface area contributed by atoms with Crippen LogP contribution in [0.2, 0.25) is 0 Å². The van der Waals surface area contributed by atoms with Crippen LogP contribution >= 0.6 is 31.9 Å². The van der Waals surface area contributed by atoms with Gasteiger partial charge in [-0.3, -0.25) is 0 Å². The molecular weight excluding hydrogens is 272 g/mol. The van der Waals surface area contributed by atoms with Crippen molar-refractivity contribution in [1.82, 2.24) is 0 Å². The second kappa shape index (κ2) is 2.64. The van der Waals surface area contributed by atoms with Crippen molar-refractivity contribution in [1.29, 1.82) is 0 Å². The Morgan fingerprint density at radius 2 is 2.00 bits per heavy atom. The maximum Gasteiger partial charge on any atom is 0.135 e. The number of halogens is 2. The summed E-state index contributed by atoms with van der Waals surface area (Å²) in [7, 11) is 0. The van der Waals surface area contributed by atoms with Crippen LogP contribution in [0.3, 0.4) is 0 Å². The van der Waals surface area contributed by atoms with Crippen molar-refractivity contribution in [3.8, 4) is 0 Å². The number of hydrogen-bond donors (Lipinski definition) is 0. The van der Waals surface area contributed by atoms with E-state index < -0.39 is 0 Å². The van der Waals surface area contributed by atoms with E-state index in [2.05, 4.69) is 31.9 Å². The van der Waals surface area contributed by atoms with Gasteiger partial charge < -0.3 is 4.42 Å². The first-order valence-electron chi connectivity index (χ1n) is 3.09. The van der Waals surface area contributed by atoms with Crippen molar-refractivity contribution in [2.75, 3.05) is 0 Å². The Balaban J connectivity index is 2.87. The molecule has 0 unspecified atom stereocenters. The summed E-state index contributed by atoms with van der Waals surface area (Å²) < 4.78 is 7.29. The SMILES string of the molecule is Brc1ccc2occ(Br)c2c1. The standard InChI is InChI=1S/C8H4Br2O/c9-5-1-2-8-6(3-5)7(10)4-11-8/h1-4H. The van der Waals surface area contributed by atoms with E-state index in [0.717, 1.165) is 19.9 Å². The van der Waals surface area contributed by atoms with Gasteiger partial charge in [0.2, 0.25) is 0 Å². The van der Waals surface area contributed by atoms with Gasteiger partial charge in [0.15, 0.2) is 0 Å². The molecule has 0 radical (unpaired) electrons. The molecule has 0 aliphatic carbocycles. The second-order valence-corrected chi connectivity index (χ2v) is 3.99. The average Bonchev–Trinajstić information content (AvgIpc) is 2.33. The van der Waals surface area contributed by atoms with Crippen LogP contribution in [0.15, 0.2) is 37.8 Å². The molecule has 56 valence electrons. The van der Waals surface area contributed by atoms with E-state index in [0.29, 0.717) is 0 Å². The smallest absolute Gasteiger partial charge is 0.135 e.